The van der Waals surface area contributed by atoms with Gasteiger partial charge in [-0.3, -0.25) is 14.5 Å². The lowest BCUT2D eigenvalue weighted by atomic mass is 9.96. The Kier molecular flexibility index (Phi) is 11.0. The predicted octanol–water partition coefficient (Wildman–Crippen LogP) is 2.91. The van der Waals surface area contributed by atoms with Crippen molar-refractivity contribution in [1.82, 2.24) is 24.0 Å². The Morgan fingerprint density at radius 1 is 1.02 bits per heavy atom. The SMILES string of the molecule is CC(C)n1c(=O)c(C(=O)NC2C[C@H]3CC[C@@H](C2)N3CCCN2CCN(S(C)(=O)=O)CC2)cc2ccccc21.O=C(O)C(F)(F)F. The van der Waals surface area contributed by atoms with Gasteiger partial charge in [0.15, 0.2) is 0 Å². The van der Waals surface area contributed by atoms with Crippen molar-refractivity contribution in [3.63, 3.8) is 0 Å². The first-order valence-corrected chi connectivity index (χ1v) is 17.1. The van der Waals surface area contributed by atoms with E-state index >= 15 is 0 Å². The van der Waals surface area contributed by atoms with Crippen LogP contribution in [0.1, 0.15) is 62.4 Å². The molecule has 3 atom stereocenters. The third-order valence-electron chi connectivity index (χ3n) is 8.86. The Morgan fingerprint density at radius 3 is 2.13 bits per heavy atom. The molecule has 2 bridgehead atoms. The summed E-state index contributed by atoms with van der Waals surface area (Å²) in [6.07, 6.45) is 1.41. The second-order valence-electron chi connectivity index (χ2n) is 12.3. The van der Waals surface area contributed by atoms with Crippen molar-refractivity contribution >= 4 is 32.8 Å². The van der Waals surface area contributed by atoms with Gasteiger partial charge >= 0.3 is 12.1 Å². The van der Waals surface area contributed by atoms with Crippen LogP contribution in [0.2, 0.25) is 0 Å². The lowest BCUT2D eigenvalue weighted by Crippen LogP contribution is -2.52. The smallest absolute Gasteiger partial charge is 0.475 e. The van der Waals surface area contributed by atoms with Crippen molar-refractivity contribution in [3.05, 3.63) is 46.2 Å². The number of carboxylic acids is 1. The van der Waals surface area contributed by atoms with Gasteiger partial charge in [0.05, 0.1) is 11.8 Å². The molecule has 3 aliphatic heterocycles. The highest BCUT2D eigenvalue weighted by atomic mass is 32.2. The molecule has 1 amide bonds. The van der Waals surface area contributed by atoms with E-state index in [0.29, 0.717) is 25.2 Å². The summed E-state index contributed by atoms with van der Waals surface area (Å²) in [6.45, 7) is 8.70. The van der Waals surface area contributed by atoms with E-state index in [2.05, 4.69) is 15.1 Å². The highest BCUT2D eigenvalue weighted by Crippen LogP contribution is 2.36. The number of fused-ring (bicyclic) bond motifs is 3. The molecule has 3 aliphatic rings. The highest BCUT2D eigenvalue weighted by Gasteiger charge is 2.41. The second kappa shape index (κ2) is 14.2. The monoisotopic (exact) mass is 657 g/mol. The molecule has 5 rings (SSSR count). The Labute approximate surface area is 261 Å². The van der Waals surface area contributed by atoms with Crippen LogP contribution in [0.5, 0.6) is 0 Å². The standard InChI is InChI=1S/C28H41N5O4S.C2HF3O2/c1-20(2)33-26-8-5-4-7-21(26)17-25(28(33)35)27(34)29-22-18-23-9-10-24(19-22)32(23)12-6-11-30-13-15-31(16-14-30)38(3,36)37;3-2(4,5)1(6)7/h4-5,7-8,17,20,22-24H,6,9-16,18-19H2,1-3H3,(H,29,34);(H,6,7)/t22?,23-,24+;. The molecule has 0 radical (unpaired) electrons. The molecule has 3 saturated heterocycles. The Morgan fingerprint density at radius 2 is 1.60 bits per heavy atom. The van der Waals surface area contributed by atoms with Gasteiger partial charge in [-0.1, -0.05) is 18.2 Å². The Balaban J connectivity index is 0.000000591. The van der Waals surface area contributed by atoms with Gasteiger partial charge in [-0.2, -0.15) is 17.5 Å². The number of carboxylic acid groups (broad SMARTS) is 1. The molecule has 11 nitrogen and oxygen atoms in total. The second-order valence-corrected chi connectivity index (χ2v) is 14.3. The molecule has 0 saturated carbocycles. The molecular formula is C30H42F3N5O6S. The number of carbonyl (C=O) groups excluding carboxylic acids is 1. The minimum absolute atomic E-state index is 0.0391. The van der Waals surface area contributed by atoms with E-state index in [1.165, 1.54) is 6.26 Å². The maximum Gasteiger partial charge on any atom is 0.490 e. The molecule has 1 aromatic carbocycles. The average Bonchev–Trinajstić information content (AvgIpc) is 3.19. The molecule has 0 aliphatic carbocycles. The molecule has 4 heterocycles. The number of aromatic nitrogens is 1. The zero-order valence-corrected chi connectivity index (χ0v) is 26.6. The van der Waals surface area contributed by atoms with Crippen molar-refractivity contribution in [2.75, 3.05) is 45.5 Å². The number of rotatable bonds is 8. The van der Waals surface area contributed by atoms with Crippen LogP contribution >= 0.6 is 0 Å². The van der Waals surface area contributed by atoms with Crippen molar-refractivity contribution in [2.45, 2.75) is 76.3 Å². The number of carbonyl (C=O) groups is 2. The number of alkyl halides is 3. The number of hydrogen-bond donors (Lipinski definition) is 2. The van der Waals surface area contributed by atoms with Crippen molar-refractivity contribution in [3.8, 4) is 0 Å². The summed E-state index contributed by atoms with van der Waals surface area (Å²) in [5.74, 6) is -3.02. The zero-order chi connectivity index (χ0) is 33.1. The summed E-state index contributed by atoms with van der Waals surface area (Å²) in [7, 11) is -3.09. The molecule has 1 aromatic heterocycles. The summed E-state index contributed by atoms with van der Waals surface area (Å²) >= 11 is 0. The molecule has 250 valence electrons. The van der Waals surface area contributed by atoms with Crippen molar-refractivity contribution in [2.24, 2.45) is 0 Å². The molecule has 1 unspecified atom stereocenters. The van der Waals surface area contributed by atoms with Gasteiger partial charge < -0.3 is 19.9 Å². The molecule has 45 heavy (non-hydrogen) atoms. The first kappa shape index (κ1) is 34.9. The Hall–Kier alpha value is -3.01. The first-order chi connectivity index (χ1) is 21.1. The van der Waals surface area contributed by atoms with E-state index in [0.717, 1.165) is 69.2 Å². The van der Waals surface area contributed by atoms with Crippen molar-refractivity contribution < 1.29 is 36.3 Å². The fraction of sp³-hybridized carbons (Fsp3) is 0.633. The first-order valence-electron chi connectivity index (χ1n) is 15.2. The fourth-order valence-corrected chi connectivity index (χ4v) is 7.57. The minimum Gasteiger partial charge on any atom is -0.475 e. The number of piperazine rings is 1. The highest BCUT2D eigenvalue weighted by molar-refractivity contribution is 7.88. The Bertz CT molecular complexity index is 1520. The number of piperidine rings is 1. The molecule has 2 aromatic rings. The van der Waals surface area contributed by atoms with Gasteiger partial charge in [-0.15, -0.1) is 0 Å². The van der Waals surface area contributed by atoms with E-state index in [1.807, 2.05) is 38.1 Å². The third-order valence-corrected chi connectivity index (χ3v) is 10.2. The maximum atomic E-state index is 13.3. The predicted molar refractivity (Wildman–Crippen MR) is 164 cm³/mol. The largest absolute Gasteiger partial charge is 0.490 e. The molecule has 15 heteroatoms. The van der Waals surface area contributed by atoms with Crippen LogP contribution in [-0.4, -0.2) is 114 Å². The summed E-state index contributed by atoms with van der Waals surface area (Å²) < 4.78 is 58.5. The molecular weight excluding hydrogens is 615 g/mol. The lowest BCUT2D eigenvalue weighted by Gasteiger charge is -2.40. The summed E-state index contributed by atoms with van der Waals surface area (Å²) in [5.41, 5.74) is 0.852. The van der Waals surface area contributed by atoms with Crippen LogP contribution < -0.4 is 10.9 Å². The van der Waals surface area contributed by atoms with Crippen LogP contribution in [0.25, 0.3) is 10.9 Å². The lowest BCUT2D eigenvalue weighted by molar-refractivity contribution is -0.192. The number of aliphatic carboxylic acids is 1. The summed E-state index contributed by atoms with van der Waals surface area (Å²) in [5, 5.41) is 11.2. The quantitative estimate of drug-likeness (QED) is 0.443. The van der Waals surface area contributed by atoms with E-state index < -0.39 is 22.2 Å². The van der Waals surface area contributed by atoms with Crippen LogP contribution in [0.3, 0.4) is 0 Å². The molecule has 2 N–H and O–H groups in total. The van der Waals surface area contributed by atoms with Gasteiger partial charge in [-0.05, 0) is 76.6 Å². The van der Waals surface area contributed by atoms with Crippen LogP contribution in [-0.2, 0) is 14.8 Å². The number of pyridine rings is 1. The number of nitrogens with one attached hydrogen (secondary N) is 1. The zero-order valence-electron chi connectivity index (χ0n) is 25.8. The van der Waals surface area contributed by atoms with E-state index in [1.54, 1.807) is 14.9 Å². The molecule has 3 fully saturated rings. The number of hydrogen-bond acceptors (Lipinski definition) is 7. The maximum absolute atomic E-state index is 13.3. The molecule has 0 spiro atoms. The minimum atomic E-state index is -5.08. The van der Waals surface area contributed by atoms with Gasteiger partial charge in [-0.25, -0.2) is 13.2 Å². The number of benzene rings is 1. The normalized spacial score (nSPS) is 23.1. The number of halogens is 3. The van der Waals surface area contributed by atoms with Gasteiger partial charge in [0.25, 0.3) is 11.5 Å². The van der Waals surface area contributed by atoms with Gasteiger partial charge in [0, 0.05) is 50.3 Å². The topological polar surface area (TPSA) is 132 Å². The number of para-hydroxylation sites is 1. The van der Waals surface area contributed by atoms with E-state index in [4.69, 9.17) is 9.90 Å². The number of nitrogens with zero attached hydrogens (tertiary/aromatic N) is 4. The van der Waals surface area contributed by atoms with Gasteiger partial charge in [0.1, 0.15) is 5.56 Å². The number of amides is 1. The van der Waals surface area contributed by atoms with Gasteiger partial charge in [0.2, 0.25) is 10.0 Å². The van der Waals surface area contributed by atoms with Crippen LogP contribution in [0.15, 0.2) is 35.1 Å². The third kappa shape index (κ3) is 8.63. The van der Waals surface area contributed by atoms with Crippen molar-refractivity contribution in [1.29, 1.82) is 0 Å². The number of sulfonamides is 1. The fourth-order valence-electron chi connectivity index (χ4n) is 6.74. The summed E-state index contributed by atoms with van der Waals surface area (Å²) in [4.78, 5) is 40.5. The van der Waals surface area contributed by atoms with E-state index in [9.17, 15) is 31.2 Å². The van der Waals surface area contributed by atoms with E-state index in [-0.39, 0.29) is 29.1 Å². The van der Waals surface area contributed by atoms with Crippen LogP contribution in [0.4, 0.5) is 13.2 Å². The summed E-state index contributed by atoms with van der Waals surface area (Å²) in [6, 6.07) is 10.4. The van der Waals surface area contributed by atoms with Crippen LogP contribution in [0, 0.1) is 0 Å². The average molecular weight is 658 g/mol.